The third-order valence-corrected chi connectivity index (χ3v) is 2.61. The first-order valence-electron chi connectivity index (χ1n) is 5.69. The second-order valence-corrected chi connectivity index (χ2v) is 4.03. The maximum absolute atomic E-state index is 11.2. The number of carbonyl (C=O) groups excluding carboxylic acids is 1. The van der Waals surface area contributed by atoms with Gasteiger partial charge in [-0.15, -0.1) is 0 Å². The fourth-order valence-corrected chi connectivity index (χ4v) is 1.81. The highest BCUT2D eigenvalue weighted by molar-refractivity contribution is 5.94. The van der Waals surface area contributed by atoms with Crippen LogP contribution in [0.1, 0.15) is 6.92 Å². The molecule has 96 valence electrons. The Morgan fingerprint density at radius 1 is 1.16 bits per heavy atom. The van der Waals surface area contributed by atoms with Crippen LogP contribution in [0.2, 0.25) is 0 Å². The molecule has 0 aromatic heterocycles. The van der Waals surface area contributed by atoms with Gasteiger partial charge < -0.3 is 5.32 Å². The normalized spacial score (nSPS) is 9.95. The van der Waals surface area contributed by atoms with Crippen molar-refractivity contribution in [2.24, 2.45) is 0 Å². The van der Waals surface area contributed by atoms with E-state index in [1.54, 1.807) is 6.07 Å². The third kappa shape index (κ3) is 2.95. The molecule has 2 aromatic carbocycles. The third-order valence-electron chi connectivity index (χ3n) is 2.61. The molecule has 1 N–H and O–H groups in total. The lowest BCUT2D eigenvalue weighted by Crippen LogP contribution is -2.07. The van der Waals surface area contributed by atoms with Crippen molar-refractivity contribution in [3.63, 3.8) is 0 Å². The van der Waals surface area contributed by atoms with Gasteiger partial charge in [0, 0.05) is 24.6 Å². The SMILES string of the molecule is CC(=O)Nc1cc([N+](=O)[O-])ccc1-c1ccccc1. The maximum atomic E-state index is 11.2. The zero-order valence-electron chi connectivity index (χ0n) is 10.3. The molecule has 0 bridgehead atoms. The summed E-state index contributed by atoms with van der Waals surface area (Å²) < 4.78 is 0. The Morgan fingerprint density at radius 3 is 2.42 bits per heavy atom. The maximum Gasteiger partial charge on any atom is 0.271 e. The molecular formula is C14H12N2O3. The van der Waals surface area contributed by atoms with Crippen LogP contribution in [0.4, 0.5) is 11.4 Å². The van der Waals surface area contributed by atoms with Gasteiger partial charge in [0.1, 0.15) is 0 Å². The van der Waals surface area contributed by atoms with Gasteiger partial charge >= 0.3 is 0 Å². The Balaban J connectivity index is 2.54. The van der Waals surface area contributed by atoms with Gasteiger partial charge in [0.25, 0.3) is 5.69 Å². The molecule has 1 amide bonds. The Morgan fingerprint density at radius 2 is 1.84 bits per heavy atom. The summed E-state index contributed by atoms with van der Waals surface area (Å²) in [5, 5.41) is 13.4. The molecule has 0 aliphatic carbocycles. The Kier molecular flexibility index (Phi) is 3.56. The van der Waals surface area contributed by atoms with Gasteiger partial charge in [-0.25, -0.2) is 0 Å². The number of non-ortho nitro benzene ring substituents is 1. The van der Waals surface area contributed by atoms with Crippen LogP contribution in [0.15, 0.2) is 48.5 Å². The number of benzene rings is 2. The highest BCUT2D eigenvalue weighted by Crippen LogP contribution is 2.31. The topological polar surface area (TPSA) is 72.2 Å². The van der Waals surface area contributed by atoms with Crippen molar-refractivity contribution in [1.82, 2.24) is 0 Å². The molecule has 19 heavy (non-hydrogen) atoms. The predicted octanol–water partition coefficient (Wildman–Crippen LogP) is 3.22. The number of nitro benzene ring substituents is 1. The van der Waals surface area contributed by atoms with Crippen LogP contribution in [-0.4, -0.2) is 10.8 Å². The summed E-state index contributed by atoms with van der Waals surface area (Å²) in [6, 6.07) is 13.8. The van der Waals surface area contributed by atoms with Gasteiger partial charge in [0.15, 0.2) is 0 Å². The van der Waals surface area contributed by atoms with E-state index >= 15 is 0 Å². The second kappa shape index (κ2) is 5.30. The summed E-state index contributed by atoms with van der Waals surface area (Å²) >= 11 is 0. The molecule has 0 radical (unpaired) electrons. The smallest absolute Gasteiger partial charge is 0.271 e. The molecule has 0 saturated carbocycles. The lowest BCUT2D eigenvalue weighted by molar-refractivity contribution is -0.384. The number of carbonyl (C=O) groups is 1. The number of hydrogen-bond donors (Lipinski definition) is 1. The minimum absolute atomic E-state index is 0.0524. The molecule has 0 aliphatic rings. The number of amides is 1. The van der Waals surface area contributed by atoms with E-state index < -0.39 is 4.92 Å². The number of nitro groups is 1. The Labute approximate surface area is 110 Å². The van der Waals surface area contributed by atoms with E-state index in [-0.39, 0.29) is 11.6 Å². The van der Waals surface area contributed by atoms with E-state index in [1.165, 1.54) is 19.1 Å². The lowest BCUT2D eigenvalue weighted by atomic mass is 10.0. The van der Waals surface area contributed by atoms with Gasteiger partial charge in [-0.1, -0.05) is 30.3 Å². The Bertz CT molecular complexity index is 624. The lowest BCUT2D eigenvalue weighted by Gasteiger charge is -2.10. The molecule has 5 nitrogen and oxygen atoms in total. The summed E-state index contributed by atoms with van der Waals surface area (Å²) in [5.74, 6) is -0.266. The van der Waals surface area contributed by atoms with Gasteiger partial charge in [-0.3, -0.25) is 14.9 Å². The molecule has 0 saturated heterocycles. The van der Waals surface area contributed by atoms with Crippen molar-refractivity contribution in [3.8, 4) is 11.1 Å². The van der Waals surface area contributed by atoms with E-state index in [2.05, 4.69) is 5.32 Å². The first-order valence-corrected chi connectivity index (χ1v) is 5.69. The van der Waals surface area contributed by atoms with Crippen molar-refractivity contribution in [1.29, 1.82) is 0 Å². The fraction of sp³-hybridized carbons (Fsp3) is 0.0714. The van der Waals surface area contributed by atoms with E-state index in [9.17, 15) is 14.9 Å². The number of anilines is 1. The molecular weight excluding hydrogens is 244 g/mol. The molecule has 0 heterocycles. The largest absolute Gasteiger partial charge is 0.326 e. The number of rotatable bonds is 3. The van der Waals surface area contributed by atoms with Crippen LogP contribution in [0, 0.1) is 10.1 Å². The van der Waals surface area contributed by atoms with Crippen molar-refractivity contribution >= 4 is 17.3 Å². The number of hydrogen-bond acceptors (Lipinski definition) is 3. The van der Waals surface area contributed by atoms with Crippen LogP contribution < -0.4 is 5.32 Å². The monoisotopic (exact) mass is 256 g/mol. The van der Waals surface area contributed by atoms with Gasteiger partial charge in [-0.2, -0.15) is 0 Å². The molecule has 2 aromatic rings. The molecule has 0 spiro atoms. The fourth-order valence-electron chi connectivity index (χ4n) is 1.81. The zero-order valence-corrected chi connectivity index (χ0v) is 10.3. The summed E-state index contributed by atoms with van der Waals surface area (Å²) in [5.41, 5.74) is 2.03. The number of nitrogens with one attached hydrogen (secondary N) is 1. The average Bonchev–Trinajstić information content (AvgIpc) is 2.39. The molecule has 2 rings (SSSR count). The van der Waals surface area contributed by atoms with Crippen molar-refractivity contribution in [3.05, 3.63) is 58.6 Å². The standard InChI is InChI=1S/C14H12N2O3/c1-10(17)15-14-9-12(16(18)19)7-8-13(14)11-5-3-2-4-6-11/h2-9H,1H3,(H,15,17). The van der Waals surface area contributed by atoms with Crippen LogP contribution >= 0.6 is 0 Å². The summed E-state index contributed by atoms with van der Waals surface area (Å²) in [4.78, 5) is 21.5. The van der Waals surface area contributed by atoms with Crippen LogP contribution in [0.25, 0.3) is 11.1 Å². The van der Waals surface area contributed by atoms with E-state index in [0.717, 1.165) is 11.1 Å². The molecule has 0 aliphatic heterocycles. The molecule has 0 unspecified atom stereocenters. The van der Waals surface area contributed by atoms with E-state index in [4.69, 9.17) is 0 Å². The highest BCUT2D eigenvalue weighted by atomic mass is 16.6. The summed E-state index contributed by atoms with van der Waals surface area (Å²) in [7, 11) is 0. The van der Waals surface area contributed by atoms with E-state index in [1.807, 2.05) is 30.3 Å². The first kappa shape index (κ1) is 12.8. The van der Waals surface area contributed by atoms with E-state index in [0.29, 0.717) is 5.69 Å². The van der Waals surface area contributed by atoms with Crippen molar-refractivity contribution < 1.29 is 9.72 Å². The van der Waals surface area contributed by atoms with Crippen molar-refractivity contribution in [2.45, 2.75) is 6.92 Å². The molecule has 0 fully saturated rings. The summed E-state index contributed by atoms with van der Waals surface area (Å²) in [6.45, 7) is 1.37. The highest BCUT2D eigenvalue weighted by Gasteiger charge is 2.12. The van der Waals surface area contributed by atoms with Gasteiger partial charge in [-0.05, 0) is 11.6 Å². The minimum Gasteiger partial charge on any atom is -0.326 e. The average molecular weight is 256 g/mol. The van der Waals surface area contributed by atoms with Crippen LogP contribution in [0.5, 0.6) is 0 Å². The quantitative estimate of drug-likeness (QED) is 0.677. The Hall–Kier alpha value is -2.69. The van der Waals surface area contributed by atoms with Crippen molar-refractivity contribution in [2.75, 3.05) is 5.32 Å². The predicted molar refractivity (Wildman–Crippen MR) is 72.8 cm³/mol. The van der Waals surface area contributed by atoms with Crippen LogP contribution in [0.3, 0.4) is 0 Å². The second-order valence-electron chi connectivity index (χ2n) is 4.03. The number of nitrogens with zero attached hydrogens (tertiary/aromatic N) is 1. The zero-order chi connectivity index (χ0) is 13.8. The molecule has 0 atom stereocenters. The van der Waals surface area contributed by atoms with Gasteiger partial charge in [0.05, 0.1) is 10.6 Å². The summed E-state index contributed by atoms with van der Waals surface area (Å²) in [6.07, 6.45) is 0. The van der Waals surface area contributed by atoms with Gasteiger partial charge in [0.2, 0.25) is 5.91 Å². The van der Waals surface area contributed by atoms with Crippen LogP contribution in [-0.2, 0) is 4.79 Å². The first-order chi connectivity index (χ1) is 9.08. The minimum atomic E-state index is -0.486. The molecule has 5 heteroatoms.